The third-order valence-corrected chi connectivity index (χ3v) is 5.44. The molecule has 3 unspecified atom stereocenters. The van der Waals surface area contributed by atoms with Crippen LogP contribution in [-0.2, 0) is 4.57 Å². The average molecular weight is 618 g/mol. The molecule has 23 heavy (non-hydrogen) atoms. The van der Waals surface area contributed by atoms with Crippen LogP contribution >= 0.6 is 90.4 Å². The lowest BCUT2D eigenvalue weighted by molar-refractivity contribution is 0.275. The van der Waals surface area contributed by atoms with Crippen LogP contribution in [0.15, 0.2) is 0 Å². The van der Waals surface area contributed by atoms with Crippen molar-refractivity contribution >= 4 is 90.4 Å². The number of hydrogen-bond acceptors (Lipinski definition) is 4. The number of aliphatic hydroxyl groups excluding tert-OH is 3. The van der Waals surface area contributed by atoms with E-state index in [0.717, 1.165) is 0 Å². The van der Waals surface area contributed by atoms with Gasteiger partial charge in [0.05, 0.1) is 36.0 Å². The molecular weight excluding hydrogens is 597 g/mol. The van der Waals surface area contributed by atoms with Crippen LogP contribution < -0.4 is 0 Å². The summed E-state index contributed by atoms with van der Waals surface area (Å²) in [6.07, 6.45) is 0. The van der Waals surface area contributed by atoms with E-state index in [1.54, 1.807) is 0 Å². The van der Waals surface area contributed by atoms with E-state index in [1.807, 2.05) is 0 Å². The first-order valence-corrected chi connectivity index (χ1v) is 11.9. The molecule has 0 amide bonds. The highest BCUT2D eigenvalue weighted by Crippen LogP contribution is 2.25. The third kappa shape index (κ3) is 59.1. The third-order valence-electron chi connectivity index (χ3n) is 1.10. The lowest BCUT2D eigenvalue weighted by Crippen LogP contribution is -2.04. The van der Waals surface area contributed by atoms with Crippen molar-refractivity contribution in [2.75, 3.05) is 35.8 Å². The molecule has 0 aliphatic rings. The summed E-state index contributed by atoms with van der Waals surface area (Å²) in [5.74, 6) is 0. The van der Waals surface area contributed by atoms with Gasteiger partial charge in [-0.25, -0.2) is 4.57 Å². The quantitative estimate of drug-likeness (QED) is 0.198. The van der Waals surface area contributed by atoms with Crippen molar-refractivity contribution in [3.8, 4) is 0 Å². The van der Waals surface area contributed by atoms with Gasteiger partial charge in [0, 0.05) is 16.0 Å². The lowest BCUT2D eigenvalue weighted by atomic mass is 10.5. The van der Waals surface area contributed by atoms with E-state index in [2.05, 4.69) is 47.8 Å². The van der Waals surface area contributed by atoms with Gasteiger partial charge in [0.2, 0.25) is 0 Å². The maximum atomic E-state index is 8.88. The van der Waals surface area contributed by atoms with E-state index < -0.39 is 7.82 Å². The van der Waals surface area contributed by atoms with Gasteiger partial charge in [-0.3, -0.25) is 0 Å². The van der Waals surface area contributed by atoms with E-state index in [0.29, 0.717) is 16.0 Å². The van der Waals surface area contributed by atoms with Gasteiger partial charge in [-0.15, -0.1) is 34.8 Å². The summed E-state index contributed by atoms with van der Waals surface area (Å²) in [6, 6.07) is 0. The smallest absolute Gasteiger partial charge is 0.395 e. The molecule has 0 aromatic rings. The fraction of sp³-hybridized carbons (Fsp3) is 1.00. The Morgan fingerprint density at radius 2 is 0.826 bits per heavy atom. The first kappa shape index (κ1) is 32.9. The second-order valence-electron chi connectivity index (χ2n) is 3.32. The normalized spacial score (nSPS) is 13.9. The Hall–Kier alpha value is 2.30. The number of halogens is 6. The fourth-order valence-corrected chi connectivity index (χ4v) is 0.761. The highest BCUT2D eigenvalue weighted by atomic mass is 79.9. The van der Waals surface area contributed by atoms with Crippen LogP contribution in [0.2, 0.25) is 0 Å². The van der Waals surface area contributed by atoms with Crippen molar-refractivity contribution < 1.29 is 34.6 Å². The molecule has 0 aliphatic heterocycles. The minimum atomic E-state index is -4.64. The summed E-state index contributed by atoms with van der Waals surface area (Å²) in [4.78, 5) is 21.6. The molecule has 0 spiro atoms. The van der Waals surface area contributed by atoms with Crippen LogP contribution in [0, 0.1) is 0 Å². The van der Waals surface area contributed by atoms with Crippen molar-refractivity contribution in [3.05, 3.63) is 0 Å². The van der Waals surface area contributed by atoms with Gasteiger partial charge in [-0.05, 0) is 0 Å². The van der Waals surface area contributed by atoms with E-state index >= 15 is 0 Å². The molecule has 146 valence electrons. The molecule has 0 aromatic carbocycles. The van der Waals surface area contributed by atoms with Gasteiger partial charge in [0.25, 0.3) is 0 Å². The molecule has 0 aromatic heterocycles. The van der Waals surface area contributed by atoms with E-state index in [4.69, 9.17) is 69.4 Å². The molecule has 0 saturated carbocycles. The van der Waals surface area contributed by atoms with Gasteiger partial charge in [0.1, 0.15) is 0 Å². The van der Waals surface area contributed by atoms with Crippen LogP contribution in [0.25, 0.3) is 0 Å². The molecule has 0 saturated heterocycles. The number of phosphoric acid groups is 1. The molecule has 0 rings (SSSR count). The molecule has 3 atom stereocenters. The molecular formula is C9H21Br3Cl3O7P. The predicted octanol–water partition coefficient (Wildman–Crippen LogP) is 2.01. The standard InChI is InChI=1S/3C3H6BrClO.H3O4P/c3*4-1-3(5)2-6;1-5(2,3)4/h3*3,6H,1-2H2;(H3,1,2,3,4). The Morgan fingerprint density at radius 3 is 0.826 bits per heavy atom. The maximum absolute atomic E-state index is 8.88. The Bertz CT molecular complexity index is 223. The molecule has 7 nitrogen and oxygen atoms in total. The summed E-state index contributed by atoms with van der Waals surface area (Å²) < 4.78 is 8.88. The van der Waals surface area contributed by atoms with Crippen molar-refractivity contribution in [1.29, 1.82) is 0 Å². The topological polar surface area (TPSA) is 138 Å². The molecule has 0 radical (unpaired) electrons. The maximum Gasteiger partial charge on any atom is 0.466 e. The Balaban J connectivity index is -0.000000105. The first-order valence-electron chi connectivity index (χ1n) is 5.64. The lowest BCUT2D eigenvalue weighted by Gasteiger charge is -1.93. The van der Waals surface area contributed by atoms with Crippen molar-refractivity contribution in [3.63, 3.8) is 0 Å². The van der Waals surface area contributed by atoms with Gasteiger partial charge in [0.15, 0.2) is 0 Å². The van der Waals surface area contributed by atoms with E-state index in [-0.39, 0.29) is 36.0 Å². The number of hydrogen-bond donors (Lipinski definition) is 6. The van der Waals surface area contributed by atoms with Gasteiger partial charge >= 0.3 is 7.82 Å². The molecule has 14 heteroatoms. The highest BCUT2D eigenvalue weighted by molar-refractivity contribution is 9.09. The van der Waals surface area contributed by atoms with Crippen LogP contribution in [0.4, 0.5) is 0 Å². The minimum absolute atomic E-state index is 0.0484. The van der Waals surface area contributed by atoms with Crippen LogP contribution in [0.3, 0.4) is 0 Å². The van der Waals surface area contributed by atoms with Gasteiger partial charge < -0.3 is 30.0 Å². The van der Waals surface area contributed by atoms with Gasteiger partial charge in [-0.1, -0.05) is 47.8 Å². The zero-order valence-electron chi connectivity index (χ0n) is 11.8. The predicted molar refractivity (Wildman–Crippen MR) is 106 cm³/mol. The van der Waals surface area contributed by atoms with Crippen molar-refractivity contribution in [2.45, 2.75) is 16.1 Å². The number of rotatable bonds is 6. The van der Waals surface area contributed by atoms with Crippen molar-refractivity contribution in [1.82, 2.24) is 0 Å². The second kappa shape index (κ2) is 24.3. The van der Waals surface area contributed by atoms with Crippen molar-refractivity contribution in [2.24, 2.45) is 0 Å². The molecule has 0 bridgehead atoms. The summed E-state index contributed by atoms with van der Waals surface area (Å²) >= 11 is 25.3. The molecule has 6 N–H and O–H groups in total. The number of alkyl halides is 6. The summed E-state index contributed by atoms with van der Waals surface area (Å²) in [7, 11) is -4.64. The molecule has 0 fully saturated rings. The SMILES string of the molecule is O=P(O)(O)O.OCC(Cl)CBr.OCC(Cl)CBr.OCC(Cl)CBr. The summed E-state index contributed by atoms with van der Waals surface area (Å²) in [5, 5.41) is 26.1. The molecule has 0 heterocycles. The molecule has 0 aliphatic carbocycles. The zero-order valence-corrected chi connectivity index (χ0v) is 19.7. The number of aliphatic hydroxyl groups is 3. The summed E-state index contributed by atoms with van der Waals surface area (Å²) in [5.41, 5.74) is 0. The Labute approximate surface area is 176 Å². The largest absolute Gasteiger partial charge is 0.466 e. The monoisotopic (exact) mass is 614 g/mol. The van der Waals surface area contributed by atoms with Crippen LogP contribution in [0.1, 0.15) is 0 Å². The zero-order chi connectivity index (χ0) is 19.5. The average Bonchev–Trinajstić information content (AvgIpc) is 2.51. The van der Waals surface area contributed by atoms with Crippen LogP contribution in [-0.4, -0.2) is 81.9 Å². The Morgan fingerprint density at radius 1 is 0.696 bits per heavy atom. The fourth-order valence-electron chi connectivity index (χ4n) is 0.146. The highest BCUT2D eigenvalue weighted by Gasteiger charge is 2.00. The Kier molecular flexibility index (Phi) is 34.8. The van der Waals surface area contributed by atoms with E-state index in [1.165, 1.54) is 0 Å². The van der Waals surface area contributed by atoms with Gasteiger partial charge in [-0.2, -0.15) is 0 Å². The second-order valence-corrected chi connectivity index (χ2v) is 8.14. The first-order chi connectivity index (χ1) is 10.4. The van der Waals surface area contributed by atoms with Crippen LogP contribution in [0.5, 0.6) is 0 Å². The minimum Gasteiger partial charge on any atom is -0.395 e. The van der Waals surface area contributed by atoms with E-state index in [9.17, 15) is 0 Å². The summed E-state index contributed by atoms with van der Waals surface area (Å²) in [6.45, 7) is 0.145.